The average Bonchev–Trinajstić information content (AvgIpc) is 2.13. The van der Waals surface area contributed by atoms with Crippen LogP contribution in [-0.4, -0.2) is 49.5 Å². The maximum Gasteiger partial charge on any atom is 0.211 e. The molecular weight excluding hydrogens is 230 g/mol. The molecule has 3 N–H and O–H groups in total. The van der Waals surface area contributed by atoms with Gasteiger partial charge in [-0.25, -0.2) is 13.1 Å². The van der Waals surface area contributed by atoms with Crippen molar-refractivity contribution in [2.75, 3.05) is 24.8 Å². The lowest BCUT2D eigenvalue weighted by atomic mass is 10.3. The van der Waals surface area contributed by atoms with Gasteiger partial charge in [-0.3, -0.25) is 0 Å². The monoisotopic (exact) mass is 245 g/mol. The summed E-state index contributed by atoms with van der Waals surface area (Å²) in [6.07, 6.45) is -1.06. The van der Waals surface area contributed by atoms with Crippen molar-refractivity contribution < 1.29 is 18.6 Å². The minimum absolute atomic E-state index is 0.0748. The van der Waals surface area contributed by atoms with Gasteiger partial charge in [0.1, 0.15) is 0 Å². The molecule has 0 radical (unpaired) electrons. The number of hydrogen-bond donors (Lipinski definition) is 3. The predicted octanol–water partition coefficient (Wildman–Crippen LogP) is -0.866. The summed E-state index contributed by atoms with van der Waals surface area (Å²) in [5.74, 6) is 0.0541. The summed E-state index contributed by atoms with van der Waals surface area (Å²) in [4.78, 5) is 0. The molecule has 14 heavy (non-hydrogen) atoms. The van der Waals surface area contributed by atoms with Crippen LogP contribution in [0.2, 0.25) is 0 Å². The van der Waals surface area contributed by atoms with Gasteiger partial charge in [-0.05, 0) is 5.92 Å². The molecule has 0 fully saturated rings. The van der Waals surface area contributed by atoms with Gasteiger partial charge in [0, 0.05) is 12.4 Å². The van der Waals surface area contributed by atoms with E-state index in [1.54, 1.807) is 6.92 Å². The van der Waals surface area contributed by atoms with Gasteiger partial charge in [0.05, 0.1) is 18.5 Å². The molecule has 0 aromatic carbocycles. The molecule has 5 nitrogen and oxygen atoms in total. The fourth-order valence-corrected chi connectivity index (χ4v) is 2.44. The van der Waals surface area contributed by atoms with E-state index < -0.39 is 22.7 Å². The smallest absolute Gasteiger partial charge is 0.211 e. The summed E-state index contributed by atoms with van der Waals surface area (Å²) < 4.78 is 24.7. The molecule has 0 bridgehead atoms. The molecule has 0 aliphatic carbocycles. The zero-order valence-electron chi connectivity index (χ0n) is 7.98. The second-order valence-electron chi connectivity index (χ2n) is 3.23. The van der Waals surface area contributed by atoms with Gasteiger partial charge >= 0.3 is 0 Å². The van der Waals surface area contributed by atoms with E-state index in [1.165, 1.54) is 0 Å². The zero-order chi connectivity index (χ0) is 11.2. The second kappa shape index (κ2) is 6.58. The van der Waals surface area contributed by atoms with Crippen LogP contribution in [-0.2, 0) is 10.0 Å². The largest absolute Gasteiger partial charge is 0.394 e. The highest BCUT2D eigenvalue weighted by Gasteiger charge is 2.15. The number of sulfonamides is 1. The Labute approximate surface area is 89.1 Å². The molecule has 0 saturated carbocycles. The van der Waals surface area contributed by atoms with Crippen LogP contribution in [0.25, 0.3) is 0 Å². The molecule has 0 rings (SSSR count). The predicted molar refractivity (Wildman–Crippen MR) is 54.8 cm³/mol. The number of rotatable bonds is 7. The third-order valence-corrected chi connectivity index (χ3v) is 3.66. The minimum Gasteiger partial charge on any atom is -0.394 e. The highest BCUT2D eigenvalue weighted by Crippen LogP contribution is 2.01. The minimum atomic E-state index is -3.40. The Morgan fingerprint density at radius 3 is 2.50 bits per heavy atom. The quantitative estimate of drug-likeness (QED) is 0.509. The molecule has 2 atom stereocenters. The average molecular weight is 246 g/mol. The Morgan fingerprint density at radius 2 is 2.07 bits per heavy atom. The van der Waals surface area contributed by atoms with Crippen LogP contribution in [0.4, 0.5) is 0 Å². The fourth-order valence-electron chi connectivity index (χ4n) is 0.766. The highest BCUT2D eigenvalue weighted by molar-refractivity contribution is 7.89. The van der Waals surface area contributed by atoms with E-state index in [2.05, 4.69) is 4.72 Å². The summed E-state index contributed by atoms with van der Waals surface area (Å²) in [6.45, 7) is 1.08. The maximum atomic E-state index is 11.3. The lowest BCUT2D eigenvalue weighted by molar-refractivity contribution is 0.0988. The number of hydrogen-bond acceptors (Lipinski definition) is 4. The molecule has 0 aromatic heterocycles. The number of nitrogens with one attached hydrogen (secondary N) is 1. The number of alkyl halides is 1. The maximum absolute atomic E-state index is 11.3. The summed E-state index contributed by atoms with van der Waals surface area (Å²) in [7, 11) is -3.40. The van der Waals surface area contributed by atoms with E-state index >= 15 is 0 Å². The van der Waals surface area contributed by atoms with Crippen LogP contribution in [0.1, 0.15) is 6.92 Å². The number of halogens is 1. The Morgan fingerprint density at radius 1 is 1.50 bits per heavy atom. The van der Waals surface area contributed by atoms with Crippen LogP contribution >= 0.6 is 11.6 Å². The van der Waals surface area contributed by atoms with Crippen molar-refractivity contribution in [1.29, 1.82) is 0 Å². The number of aliphatic hydroxyl groups excluding tert-OH is 2. The van der Waals surface area contributed by atoms with Crippen molar-refractivity contribution in [3.63, 3.8) is 0 Å². The van der Waals surface area contributed by atoms with E-state index in [9.17, 15) is 8.42 Å². The number of aliphatic hydroxyl groups is 2. The molecule has 86 valence electrons. The van der Waals surface area contributed by atoms with Gasteiger partial charge < -0.3 is 10.2 Å². The van der Waals surface area contributed by atoms with Crippen LogP contribution in [0.5, 0.6) is 0 Å². The van der Waals surface area contributed by atoms with Crippen molar-refractivity contribution in [3.8, 4) is 0 Å². The topological polar surface area (TPSA) is 86.6 Å². The third kappa shape index (κ3) is 6.56. The molecule has 0 aliphatic rings. The molecule has 0 spiro atoms. The first-order valence-electron chi connectivity index (χ1n) is 4.23. The van der Waals surface area contributed by atoms with Crippen molar-refractivity contribution in [2.45, 2.75) is 13.0 Å². The van der Waals surface area contributed by atoms with Gasteiger partial charge in [0.2, 0.25) is 10.0 Å². The second-order valence-corrected chi connectivity index (χ2v) is 5.39. The van der Waals surface area contributed by atoms with E-state index in [1.807, 2.05) is 0 Å². The molecule has 0 aromatic rings. The molecule has 0 amide bonds. The molecule has 7 heteroatoms. The molecule has 0 saturated heterocycles. The van der Waals surface area contributed by atoms with Crippen LogP contribution in [0.3, 0.4) is 0 Å². The van der Waals surface area contributed by atoms with Crippen molar-refractivity contribution in [1.82, 2.24) is 4.72 Å². The Balaban J connectivity index is 3.96. The van der Waals surface area contributed by atoms with Crippen LogP contribution in [0.15, 0.2) is 0 Å². The summed E-state index contributed by atoms with van der Waals surface area (Å²) >= 11 is 5.47. The lowest BCUT2D eigenvalue weighted by Crippen LogP contribution is -2.36. The van der Waals surface area contributed by atoms with E-state index in [0.717, 1.165) is 0 Å². The molecular formula is C7H16ClNO4S. The molecule has 0 aliphatic heterocycles. The van der Waals surface area contributed by atoms with Gasteiger partial charge in [-0.2, -0.15) is 0 Å². The van der Waals surface area contributed by atoms with Crippen LogP contribution < -0.4 is 4.72 Å². The van der Waals surface area contributed by atoms with Crippen LogP contribution in [0, 0.1) is 5.92 Å². The standard InChI is InChI=1S/C7H16ClNO4S/c1-6(2-8)5-14(12,13)9-3-7(11)4-10/h6-7,9-11H,2-5H2,1H3. The van der Waals surface area contributed by atoms with E-state index in [-0.39, 0.29) is 24.1 Å². The van der Waals surface area contributed by atoms with E-state index in [0.29, 0.717) is 0 Å². The van der Waals surface area contributed by atoms with Gasteiger partial charge in [-0.15, -0.1) is 11.6 Å². The lowest BCUT2D eigenvalue weighted by Gasteiger charge is -2.11. The van der Waals surface area contributed by atoms with Crippen molar-refractivity contribution in [2.24, 2.45) is 5.92 Å². The molecule has 2 unspecified atom stereocenters. The summed E-state index contributed by atoms with van der Waals surface area (Å²) in [5.41, 5.74) is 0. The Bertz CT molecular complexity index is 244. The summed E-state index contributed by atoms with van der Waals surface area (Å²) in [5, 5.41) is 17.4. The van der Waals surface area contributed by atoms with E-state index in [4.69, 9.17) is 21.8 Å². The zero-order valence-corrected chi connectivity index (χ0v) is 9.55. The molecule has 0 heterocycles. The normalized spacial score (nSPS) is 16.6. The summed E-state index contributed by atoms with van der Waals surface area (Å²) in [6, 6.07) is 0. The first-order valence-corrected chi connectivity index (χ1v) is 6.42. The van der Waals surface area contributed by atoms with Crippen molar-refractivity contribution in [3.05, 3.63) is 0 Å². The first kappa shape index (κ1) is 14.1. The van der Waals surface area contributed by atoms with Gasteiger partial charge in [0.25, 0.3) is 0 Å². The van der Waals surface area contributed by atoms with Gasteiger partial charge in [-0.1, -0.05) is 6.92 Å². The fraction of sp³-hybridized carbons (Fsp3) is 1.00. The Kier molecular flexibility index (Phi) is 6.63. The highest BCUT2D eigenvalue weighted by atomic mass is 35.5. The van der Waals surface area contributed by atoms with Crippen molar-refractivity contribution >= 4 is 21.6 Å². The third-order valence-electron chi connectivity index (χ3n) is 1.52. The van der Waals surface area contributed by atoms with Gasteiger partial charge in [0.15, 0.2) is 0 Å². The Hall–Kier alpha value is 0.120. The SMILES string of the molecule is CC(CCl)CS(=O)(=O)NCC(O)CO. The first-order chi connectivity index (χ1) is 6.41.